The Labute approximate surface area is 170 Å². The molecular formula is C14H14N4O9S2. The van der Waals surface area contributed by atoms with E-state index in [2.05, 4.69) is 15.5 Å². The monoisotopic (exact) mass is 446 g/mol. The van der Waals surface area contributed by atoms with Gasteiger partial charge >= 0.3 is 23.8 Å². The number of rotatable bonds is 8. The van der Waals surface area contributed by atoms with E-state index < -0.39 is 41.9 Å². The van der Waals surface area contributed by atoms with Crippen LogP contribution in [0.5, 0.6) is 0 Å². The summed E-state index contributed by atoms with van der Waals surface area (Å²) in [6.45, 7) is -0.242. The van der Waals surface area contributed by atoms with Crippen LogP contribution in [0, 0.1) is 0 Å². The van der Waals surface area contributed by atoms with Crippen LogP contribution in [0.1, 0.15) is 17.8 Å². The fourth-order valence-electron chi connectivity index (χ4n) is 2.27. The lowest BCUT2D eigenvalue weighted by Crippen LogP contribution is -2.44. The molecule has 2 atom stereocenters. The molecule has 156 valence electrons. The number of carboxylic acids is 1. The Morgan fingerprint density at radius 3 is 2.83 bits per heavy atom. The molecule has 0 spiro atoms. The van der Waals surface area contributed by atoms with Crippen molar-refractivity contribution in [1.29, 1.82) is 0 Å². The van der Waals surface area contributed by atoms with Gasteiger partial charge in [0.15, 0.2) is 4.34 Å². The Morgan fingerprint density at radius 1 is 1.34 bits per heavy atom. The van der Waals surface area contributed by atoms with E-state index in [1.807, 2.05) is 0 Å². The highest BCUT2D eigenvalue weighted by Crippen LogP contribution is 2.23. The van der Waals surface area contributed by atoms with E-state index in [1.165, 1.54) is 0 Å². The normalized spacial score (nSPS) is 21.2. The molecule has 2 aliphatic heterocycles. The van der Waals surface area contributed by atoms with Gasteiger partial charge in [-0.2, -0.15) is 0 Å². The summed E-state index contributed by atoms with van der Waals surface area (Å²) >= 11 is 2.08. The SMILES string of the molecule is O=C(O)Cc1nnc(SCC(=O)N[C@H]2CON(OC(=O)C3CCC(=O)O3)C2=O)s1. The van der Waals surface area contributed by atoms with Crippen molar-refractivity contribution in [3.63, 3.8) is 0 Å². The van der Waals surface area contributed by atoms with Gasteiger partial charge in [-0.1, -0.05) is 23.1 Å². The predicted molar refractivity (Wildman–Crippen MR) is 91.9 cm³/mol. The van der Waals surface area contributed by atoms with Crippen molar-refractivity contribution in [1.82, 2.24) is 20.7 Å². The molecule has 2 aliphatic rings. The average Bonchev–Trinajstić information content (AvgIpc) is 3.36. The number of nitrogens with one attached hydrogen (secondary N) is 1. The molecule has 2 saturated heterocycles. The quantitative estimate of drug-likeness (QED) is 0.356. The first-order chi connectivity index (χ1) is 13.8. The second-order valence-corrected chi connectivity index (χ2v) is 8.04. The van der Waals surface area contributed by atoms with E-state index in [-0.39, 0.29) is 31.6 Å². The zero-order valence-corrected chi connectivity index (χ0v) is 16.2. The second kappa shape index (κ2) is 9.15. The van der Waals surface area contributed by atoms with Crippen LogP contribution in [0.2, 0.25) is 0 Å². The molecule has 0 radical (unpaired) electrons. The molecule has 1 aromatic rings. The highest BCUT2D eigenvalue weighted by atomic mass is 32.2. The number of carbonyl (C=O) groups excluding carboxylic acids is 4. The van der Waals surface area contributed by atoms with E-state index >= 15 is 0 Å². The fraction of sp³-hybridized carbons (Fsp3) is 0.500. The molecule has 2 N–H and O–H groups in total. The number of thioether (sulfide) groups is 1. The molecule has 0 aliphatic carbocycles. The maximum absolute atomic E-state index is 12.2. The average molecular weight is 446 g/mol. The lowest BCUT2D eigenvalue weighted by atomic mass is 10.2. The van der Waals surface area contributed by atoms with Crippen LogP contribution < -0.4 is 5.32 Å². The van der Waals surface area contributed by atoms with Crippen LogP contribution in [0.3, 0.4) is 0 Å². The Balaban J connectivity index is 1.42. The molecule has 2 fully saturated rings. The minimum atomic E-state index is -1.10. The lowest BCUT2D eigenvalue weighted by molar-refractivity contribution is -0.306. The van der Waals surface area contributed by atoms with Crippen molar-refractivity contribution in [2.75, 3.05) is 12.4 Å². The summed E-state index contributed by atoms with van der Waals surface area (Å²) in [6, 6.07) is -1.06. The molecule has 0 aromatic carbocycles. The van der Waals surface area contributed by atoms with Crippen molar-refractivity contribution in [3.05, 3.63) is 5.01 Å². The second-order valence-electron chi connectivity index (χ2n) is 5.76. The van der Waals surface area contributed by atoms with Crippen molar-refractivity contribution in [2.45, 2.75) is 35.7 Å². The third kappa shape index (κ3) is 5.61. The van der Waals surface area contributed by atoms with Gasteiger partial charge in [-0.25, -0.2) is 9.63 Å². The maximum Gasteiger partial charge on any atom is 0.375 e. The number of esters is 1. The molecular weight excluding hydrogens is 432 g/mol. The van der Waals surface area contributed by atoms with Gasteiger partial charge in [0.25, 0.3) is 0 Å². The Bertz CT molecular complexity index is 845. The standard InChI is InChI=1S/C14H14N4O9S2/c19-8(5-28-14-17-16-9(29-14)3-10(20)21)15-6-4-25-18(12(6)23)27-13(24)7-1-2-11(22)26-7/h6-7H,1-5H2,(H,15,19)(H,20,21)/t6-,7?/m0/s1. The summed E-state index contributed by atoms with van der Waals surface area (Å²) in [7, 11) is 0. The number of ether oxygens (including phenoxy) is 1. The van der Waals surface area contributed by atoms with Gasteiger partial charge in [-0.15, -0.1) is 10.2 Å². The van der Waals surface area contributed by atoms with Gasteiger partial charge in [0.2, 0.25) is 12.0 Å². The van der Waals surface area contributed by atoms with E-state index in [4.69, 9.17) is 19.5 Å². The number of hydroxylamine groups is 2. The summed E-state index contributed by atoms with van der Waals surface area (Å²) < 4.78 is 5.14. The first-order valence-corrected chi connectivity index (χ1v) is 9.96. The first-order valence-electron chi connectivity index (χ1n) is 8.16. The lowest BCUT2D eigenvalue weighted by Gasteiger charge is -2.15. The topological polar surface area (TPSA) is 174 Å². The van der Waals surface area contributed by atoms with Crippen LogP contribution in [0.15, 0.2) is 4.34 Å². The maximum atomic E-state index is 12.2. The summed E-state index contributed by atoms with van der Waals surface area (Å²) in [5.41, 5.74) is 0. The van der Waals surface area contributed by atoms with Gasteiger partial charge in [-0.05, 0) is 5.23 Å². The largest absolute Gasteiger partial charge is 0.481 e. The van der Waals surface area contributed by atoms with E-state index in [0.717, 1.165) is 23.1 Å². The van der Waals surface area contributed by atoms with Crippen molar-refractivity contribution < 1.29 is 43.5 Å². The minimum absolute atomic E-state index is 0.0807. The van der Waals surface area contributed by atoms with Crippen LogP contribution in [-0.2, 0) is 44.8 Å². The highest BCUT2D eigenvalue weighted by Gasteiger charge is 2.40. The zero-order chi connectivity index (χ0) is 21.0. The Morgan fingerprint density at radius 2 is 2.14 bits per heavy atom. The van der Waals surface area contributed by atoms with Crippen molar-refractivity contribution in [2.24, 2.45) is 0 Å². The van der Waals surface area contributed by atoms with E-state index in [9.17, 15) is 24.0 Å². The van der Waals surface area contributed by atoms with Crippen LogP contribution in [-0.4, -0.2) is 74.8 Å². The highest BCUT2D eigenvalue weighted by molar-refractivity contribution is 8.01. The van der Waals surface area contributed by atoms with Gasteiger partial charge in [0.1, 0.15) is 17.7 Å². The van der Waals surface area contributed by atoms with Crippen LogP contribution in [0.4, 0.5) is 0 Å². The first kappa shape index (κ1) is 20.9. The molecule has 0 bridgehead atoms. The number of aliphatic carboxylic acids is 1. The number of carboxylic acid groups (broad SMARTS) is 1. The molecule has 0 saturated carbocycles. The molecule has 13 nitrogen and oxygen atoms in total. The number of carbonyl (C=O) groups is 5. The van der Waals surface area contributed by atoms with E-state index in [1.54, 1.807) is 0 Å². The van der Waals surface area contributed by atoms with Gasteiger partial charge in [0.05, 0.1) is 12.2 Å². The third-order valence-electron chi connectivity index (χ3n) is 3.57. The summed E-state index contributed by atoms with van der Waals surface area (Å²) in [5.74, 6) is -3.91. The smallest absolute Gasteiger partial charge is 0.375 e. The summed E-state index contributed by atoms with van der Waals surface area (Å²) in [4.78, 5) is 67.3. The molecule has 15 heteroatoms. The number of aromatic nitrogens is 2. The number of hydrogen-bond donors (Lipinski definition) is 2. The fourth-order valence-corrected chi connectivity index (χ4v) is 3.97. The van der Waals surface area contributed by atoms with Crippen molar-refractivity contribution in [3.8, 4) is 0 Å². The zero-order valence-electron chi connectivity index (χ0n) is 14.6. The predicted octanol–water partition coefficient (Wildman–Crippen LogP) is -1.32. The van der Waals surface area contributed by atoms with Gasteiger partial charge in [-0.3, -0.25) is 19.2 Å². The Kier molecular flexibility index (Phi) is 6.60. The molecule has 1 aromatic heterocycles. The van der Waals surface area contributed by atoms with Crippen LogP contribution >= 0.6 is 23.1 Å². The number of amides is 2. The van der Waals surface area contributed by atoms with Gasteiger partial charge in [0, 0.05) is 12.8 Å². The van der Waals surface area contributed by atoms with Gasteiger partial charge < -0.3 is 20.0 Å². The van der Waals surface area contributed by atoms with Crippen LogP contribution in [0.25, 0.3) is 0 Å². The molecule has 29 heavy (non-hydrogen) atoms. The molecule has 1 unspecified atom stereocenters. The number of hydrogen-bond acceptors (Lipinski definition) is 12. The molecule has 2 amide bonds. The number of nitrogens with zero attached hydrogens (tertiary/aromatic N) is 3. The summed E-state index contributed by atoms with van der Waals surface area (Å²) in [6.07, 6.45) is -1.12. The van der Waals surface area contributed by atoms with Crippen molar-refractivity contribution >= 4 is 52.8 Å². The summed E-state index contributed by atoms with van der Waals surface area (Å²) in [5, 5.41) is 19.3. The third-order valence-corrected chi connectivity index (χ3v) is 5.63. The minimum Gasteiger partial charge on any atom is -0.481 e. The molecule has 3 rings (SSSR count). The molecule has 3 heterocycles. The number of cyclic esters (lactones) is 1. The van der Waals surface area contributed by atoms with E-state index in [0.29, 0.717) is 14.6 Å². The Hall–Kier alpha value is -2.78.